The van der Waals surface area contributed by atoms with E-state index in [-0.39, 0.29) is 0 Å². The third-order valence-electron chi connectivity index (χ3n) is 2.80. The van der Waals surface area contributed by atoms with Crippen LogP contribution in [-0.2, 0) is 0 Å². The van der Waals surface area contributed by atoms with Crippen molar-refractivity contribution in [3.05, 3.63) is 22.4 Å². The molecule has 0 N–H and O–H groups in total. The lowest BCUT2D eigenvalue weighted by Gasteiger charge is -2.33. The highest BCUT2D eigenvalue weighted by Crippen LogP contribution is 2.22. The zero-order chi connectivity index (χ0) is 11.5. The quantitative estimate of drug-likeness (QED) is 0.782. The Bertz CT molecular complexity index is 418. The van der Waals surface area contributed by atoms with Gasteiger partial charge in [0.2, 0.25) is 0 Å². The van der Waals surface area contributed by atoms with Gasteiger partial charge in [0.05, 0.1) is 16.4 Å². The summed E-state index contributed by atoms with van der Waals surface area (Å²) < 4.78 is 0.770. The van der Waals surface area contributed by atoms with E-state index in [1.54, 1.807) is 6.20 Å². The molecule has 4 nitrogen and oxygen atoms in total. The highest BCUT2D eigenvalue weighted by atomic mass is 79.9. The zero-order valence-electron chi connectivity index (χ0n) is 9.15. The average molecular weight is 281 g/mol. The Morgan fingerprint density at radius 1 is 1.38 bits per heavy atom. The molecule has 0 bridgehead atoms. The average Bonchev–Trinajstić information content (AvgIpc) is 2.30. The number of hydrogen-bond donors (Lipinski definition) is 0. The molecule has 0 amide bonds. The first kappa shape index (κ1) is 11.4. The van der Waals surface area contributed by atoms with Crippen molar-refractivity contribution in [3.8, 4) is 6.07 Å². The molecule has 0 radical (unpaired) electrons. The molecule has 0 atom stereocenters. The van der Waals surface area contributed by atoms with Crippen molar-refractivity contribution in [2.24, 2.45) is 0 Å². The number of halogens is 1. The smallest absolute Gasteiger partial charge is 0.154 e. The molecule has 1 aromatic rings. The molecule has 16 heavy (non-hydrogen) atoms. The van der Waals surface area contributed by atoms with E-state index in [1.807, 2.05) is 12.1 Å². The fraction of sp³-hybridized carbons (Fsp3) is 0.455. The molecule has 5 heteroatoms. The molecular formula is C11H13BrN4. The van der Waals surface area contributed by atoms with E-state index >= 15 is 0 Å². The maximum Gasteiger partial charge on any atom is 0.154 e. The van der Waals surface area contributed by atoms with Crippen molar-refractivity contribution in [2.75, 3.05) is 38.1 Å². The Morgan fingerprint density at radius 3 is 2.62 bits per heavy atom. The third kappa shape index (κ3) is 2.34. The van der Waals surface area contributed by atoms with Gasteiger partial charge in [-0.05, 0) is 29.0 Å². The van der Waals surface area contributed by atoms with E-state index < -0.39 is 0 Å². The van der Waals surface area contributed by atoms with Gasteiger partial charge in [-0.25, -0.2) is 4.98 Å². The first-order chi connectivity index (χ1) is 7.70. The normalized spacial score (nSPS) is 17.2. The Kier molecular flexibility index (Phi) is 3.42. The molecule has 84 valence electrons. The lowest BCUT2D eigenvalue weighted by molar-refractivity contribution is 0.313. The number of rotatable bonds is 1. The molecule has 1 aliphatic heterocycles. The van der Waals surface area contributed by atoms with Crippen LogP contribution in [0.15, 0.2) is 16.7 Å². The topological polar surface area (TPSA) is 43.2 Å². The molecule has 0 unspecified atom stereocenters. The second kappa shape index (κ2) is 4.81. The molecule has 2 rings (SSSR count). The van der Waals surface area contributed by atoms with Crippen molar-refractivity contribution in [1.29, 1.82) is 5.26 Å². The number of aromatic nitrogens is 1. The van der Waals surface area contributed by atoms with E-state index in [4.69, 9.17) is 5.26 Å². The van der Waals surface area contributed by atoms with E-state index in [9.17, 15) is 0 Å². The number of pyridine rings is 1. The van der Waals surface area contributed by atoms with E-state index in [2.05, 4.69) is 37.8 Å². The van der Waals surface area contributed by atoms with Gasteiger partial charge in [-0.15, -0.1) is 0 Å². The summed E-state index contributed by atoms with van der Waals surface area (Å²) in [5, 5.41) is 8.79. The van der Waals surface area contributed by atoms with Crippen LogP contribution in [0.1, 0.15) is 5.69 Å². The largest absolute Gasteiger partial charge is 0.368 e. The second-order valence-corrected chi connectivity index (χ2v) is 4.78. The van der Waals surface area contributed by atoms with Crippen molar-refractivity contribution < 1.29 is 0 Å². The van der Waals surface area contributed by atoms with Gasteiger partial charge < -0.3 is 9.80 Å². The van der Waals surface area contributed by atoms with Crippen LogP contribution in [0, 0.1) is 11.3 Å². The monoisotopic (exact) mass is 280 g/mol. The number of nitriles is 1. The fourth-order valence-corrected chi connectivity index (χ4v) is 2.17. The van der Waals surface area contributed by atoms with Crippen LogP contribution in [0.4, 0.5) is 5.69 Å². The van der Waals surface area contributed by atoms with Gasteiger partial charge in [0.15, 0.2) is 5.69 Å². The van der Waals surface area contributed by atoms with Crippen LogP contribution in [0.3, 0.4) is 0 Å². The van der Waals surface area contributed by atoms with Gasteiger partial charge in [0, 0.05) is 26.2 Å². The summed E-state index contributed by atoms with van der Waals surface area (Å²) in [5.74, 6) is 0. The Balaban J connectivity index is 2.16. The summed E-state index contributed by atoms with van der Waals surface area (Å²) in [5.41, 5.74) is 1.52. The molecule has 1 aliphatic rings. The number of hydrogen-bond acceptors (Lipinski definition) is 4. The van der Waals surface area contributed by atoms with E-state index in [1.165, 1.54) is 0 Å². The van der Waals surface area contributed by atoms with Crippen LogP contribution in [0.25, 0.3) is 0 Å². The highest BCUT2D eigenvalue weighted by molar-refractivity contribution is 9.10. The lowest BCUT2D eigenvalue weighted by Crippen LogP contribution is -2.44. The van der Waals surface area contributed by atoms with Gasteiger partial charge in [-0.1, -0.05) is 0 Å². The number of anilines is 1. The minimum atomic E-state index is 0.442. The Labute approximate surface area is 104 Å². The zero-order valence-corrected chi connectivity index (χ0v) is 10.7. The minimum absolute atomic E-state index is 0.442. The van der Waals surface area contributed by atoms with Crippen LogP contribution in [0.5, 0.6) is 0 Å². The number of likely N-dealkylation sites (N-methyl/N-ethyl adjacent to an activating group) is 1. The molecule has 1 aromatic heterocycles. The van der Waals surface area contributed by atoms with Crippen molar-refractivity contribution in [3.63, 3.8) is 0 Å². The van der Waals surface area contributed by atoms with Gasteiger partial charge in [-0.3, -0.25) is 0 Å². The summed E-state index contributed by atoms with van der Waals surface area (Å²) in [4.78, 5) is 8.73. The van der Waals surface area contributed by atoms with Crippen molar-refractivity contribution in [1.82, 2.24) is 9.88 Å². The van der Waals surface area contributed by atoms with Gasteiger partial charge in [0.25, 0.3) is 0 Å². The fourth-order valence-electron chi connectivity index (χ4n) is 1.75. The van der Waals surface area contributed by atoms with Crippen molar-refractivity contribution >= 4 is 21.6 Å². The van der Waals surface area contributed by atoms with Crippen molar-refractivity contribution in [2.45, 2.75) is 0 Å². The van der Waals surface area contributed by atoms with Gasteiger partial charge in [0.1, 0.15) is 6.07 Å². The maximum atomic E-state index is 8.79. The predicted octanol–water partition coefficient (Wildman–Crippen LogP) is 1.47. The second-order valence-electron chi connectivity index (χ2n) is 3.93. The first-order valence-corrected chi connectivity index (χ1v) is 5.99. The lowest BCUT2D eigenvalue weighted by atomic mass is 10.2. The summed E-state index contributed by atoms with van der Waals surface area (Å²) in [6.07, 6.45) is 1.77. The van der Waals surface area contributed by atoms with Crippen LogP contribution >= 0.6 is 15.9 Å². The molecule has 0 saturated carbocycles. The van der Waals surface area contributed by atoms with Gasteiger partial charge >= 0.3 is 0 Å². The summed E-state index contributed by atoms with van der Waals surface area (Å²) in [6, 6.07) is 4.02. The summed E-state index contributed by atoms with van der Waals surface area (Å²) in [6.45, 7) is 4.16. The Hall–Kier alpha value is -1.12. The molecule has 2 heterocycles. The number of piperazine rings is 1. The van der Waals surface area contributed by atoms with E-state index in [0.717, 1.165) is 36.3 Å². The third-order valence-corrected chi connectivity index (χ3v) is 3.41. The van der Waals surface area contributed by atoms with E-state index in [0.29, 0.717) is 5.69 Å². The molecule has 1 saturated heterocycles. The molecular weight excluding hydrogens is 268 g/mol. The van der Waals surface area contributed by atoms with Crippen LogP contribution < -0.4 is 4.90 Å². The minimum Gasteiger partial charge on any atom is -0.368 e. The molecule has 1 fully saturated rings. The maximum absolute atomic E-state index is 8.79. The highest BCUT2D eigenvalue weighted by Gasteiger charge is 2.15. The Morgan fingerprint density at radius 2 is 2.06 bits per heavy atom. The van der Waals surface area contributed by atoms with Gasteiger partial charge in [-0.2, -0.15) is 5.26 Å². The molecule has 0 aliphatic carbocycles. The van der Waals surface area contributed by atoms with Crippen LogP contribution in [0.2, 0.25) is 0 Å². The summed E-state index contributed by atoms with van der Waals surface area (Å²) >= 11 is 3.36. The van der Waals surface area contributed by atoms with Crippen LogP contribution in [-0.4, -0.2) is 43.1 Å². The number of nitrogens with zero attached hydrogens (tertiary/aromatic N) is 4. The summed E-state index contributed by atoms with van der Waals surface area (Å²) in [7, 11) is 2.13. The standard InChI is InChI=1S/C11H13BrN4/c1-15-2-4-16(5-3-15)9-6-10(12)11(7-13)14-8-9/h6,8H,2-5H2,1H3. The first-order valence-electron chi connectivity index (χ1n) is 5.20. The SMILES string of the molecule is CN1CCN(c2cnc(C#N)c(Br)c2)CC1. The predicted molar refractivity (Wildman–Crippen MR) is 66.4 cm³/mol. The molecule has 0 aromatic carbocycles. The molecule has 0 spiro atoms.